The van der Waals surface area contributed by atoms with Crippen LogP contribution in [0.2, 0.25) is 0 Å². The summed E-state index contributed by atoms with van der Waals surface area (Å²) in [5, 5.41) is 25.1. The van der Waals surface area contributed by atoms with Crippen LogP contribution in [0.3, 0.4) is 0 Å². The number of aliphatic carboxylic acids is 1. The van der Waals surface area contributed by atoms with Crippen LogP contribution < -0.4 is 15.5 Å². The zero-order valence-electron chi connectivity index (χ0n) is 16.1. The molecule has 28 heavy (non-hydrogen) atoms. The molecular weight excluding hydrogens is 388 g/mol. The van der Waals surface area contributed by atoms with Crippen molar-refractivity contribution in [1.82, 2.24) is 15.6 Å². The largest absolute Gasteiger partial charge is 0.480 e. The standard InChI is InChI=1S/C17H26N4O6S/c1-17(2,3)27-16(26)18-10-5-4-6-21(7-10)15-20-12(9-28-15)13(23)19-11(8-22)14(24)25/h9-11,22H,4-8H2,1-3H3,(H,18,26)(H,19,23)(H,24,25)/t10-,11+/m1/s1. The minimum absolute atomic E-state index is 0.0851. The van der Waals surface area contributed by atoms with Crippen LogP contribution in [0.5, 0.6) is 0 Å². The molecule has 0 aromatic carbocycles. The average Bonchev–Trinajstić information content (AvgIpc) is 3.08. The van der Waals surface area contributed by atoms with E-state index in [9.17, 15) is 14.4 Å². The van der Waals surface area contributed by atoms with Crippen molar-refractivity contribution in [3.8, 4) is 0 Å². The van der Waals surface area contributed by atoms with Crippen molar-refractivity contribution in [1.29, 1.82) is 0 Å². The van der Waals surface area contributed by atoms with E-state index < -0.39 is 36.2 Å². The van der Waals surface area contributed by atoms with Crippen LogP contribution in [-0.2, 0) is 9.53 Å². The van der Waals surface area contributed by atoms with Crippen molar-refractivity contribution in [2.45, 2.75) is 51.3 Å². The van der Waals surface area contributed by atoms with Gasteiger partial charge in [0.2, 0.25) is 0 Å². The minimum Gasteiger partial charge on any atom is -0.480 e. The molecule has 10 nitrogen and oxygen atoms in total. The molecule has 2 heterocycles. The first-order valence-corrected chi connectivity index (χ1v) is 9.81. The Balaban J connectivity index is 1.96. The number of aromatic nitrogens is 1. The van der Waals surface area contributed by atoms with E-state index in [2.05, 4.69) is 15.6 Å². The molecule has 2 atom stereocenters. The molecule has 1 aromatic heterocycles. The van der Waals surface area contributed by atoms with Gasteiger partial charge in [0.05, 0.1) is 6.61 Å². The summed E-state index contributed by atoms with van der Waals surface area (Å²) >= 11 is 1.26. The zero-order valence-corrected chi connectivity index (χ0v) is 16.9. The van der Waals surface area contributed by atoms with Gasteiger partial charge in [0.15, 0.2) is 11.2 Å². The highest BCUT2D eigenvalue weighted by Crippen LogP contribution is 2.24. The summed E-state index contributed by atoms with van der Waals surface area (Å²) in [5.41, 5.74) is -0.486. The van der Waals surface area contributed by atoms with Gasteiger partial charge >= 0.3 is 12.1 Å². The van der Waals surface area contributed by atoms with Crippen LogP contribution >= 0.6 is 11.3 Å². The van der Waals surface area contributed by atoms with Crippen LogP contribution in [0.4, 0.5) is 9.93 Å². The number of rotatable bonds is 6. The smallest absolute Gasteiger partial charge is 0.407 e. The summed E-state index contributed by atoms with van der Waals surface area (Å²) in [6.45, 7) is 5.95. The Hall–Kier alpha value is -2.40. The van der Waals surface area contributed by atoms with Crippen LogP contribution in [0.1, 0.15) is 44.1 Å². The second-order valence-electron chi connectivity index (χ2n) is 7.49. The number of aliphatic hydroxyl groups is 1. The Morgan fingerprint density at radius 1 is 1.43 bits per heavy atom. The van der Waals surface area contributed by atoms with Crippen LogP contribution in [-0.4, -0.2) is 70.5 Å². The summed E-state index contributed by atoms with van der Waals surface area (Å²) in [6, 6.07) is -1.48. The molecule has 0 aliphatic carbocycles. The van der Waals surface area contributed by atoms with Gasteiger partial charge in [0.1, 0.15) is 11.3 Å². The minimum atomic E-state index is -1.38. The van der Waals surface area contributed by atoms with E-state index in [0.29, 0.717) is 11.7 Å². The van der Waals surface area contributed by atoms with Gasteiger partial charge in [-0.2, -0.15) is 0 Å². The topological polar surface area (TPSA) is 141 Å². The van der Waals surface area contributed by atoms with Gasteiger partial charge in [0.25, 0.3) is 5.91 Å². The number of carbonyl (C=O) groups is 3. The molecule has 1 aliphatic heterocycles. The Morgan fingerprint density at radius 3 is 2.75 bits per heavy atom. The van der Waals surface area contributed by atoms with E-state index in [0.717, 1.165) is 19.4 Å². The molecule has 0 spiro atoms. The van der Waals surface area contributed by atoms with E-state index in [1.807, 2.05) is 4.90 Å². The number of carboxylic acid groups (broad SMARTS) is 1. The Bertz CT molecular complexity index is 717. The molecular formula is C17H26N4O6S. The van der Waals surface area contributed by atoms with Gasteiger partial charge < -0.3 is 30.5 Å². The average molecular weight is 414 g/mol. The second-order valence-corrected chi connectivity index (χ2v) is 8.33. The number of carbonyl (C=O) groups excluding carboxylic acids is 2. The quantitative estimate of drug-likeness (QED) is 0.536. The van der Waals surface area contributed by atoms with Crippen molar-refractivity contribution in [2.24, 2.45) is 0 Å². The van der Waals surface area contributed by atoms with Gasteiger partial charge in [-0.25, -0.2) is 14.6 Å². The van der Waals surface area contributed by atoms with Gasteiger partial charge in [-0.3, -0.25) is 4.79 Å². The summed E-state index contributed by atoms with van der Waals surface area (Å²) in [7, 11) is 0. The van der Waals surface area contributed by atoms with Gasteiger partial charge in [-0.05, 0) is 33.6 Å². The molecule has 156 valence electrons. The third-order valence-corrected chi connectivity index (χ3v) is 4.82. The molecule has 1 aliphatic rings. The van der Waals surface area contributed by atoms with Gasteiger partial charge in [-0.1, -0.05) is 0 Å². The third-order valence-electron chi connectivity index (χ3n) is 3.92. The number of nitrogens with zero attached hydrogens (tertiary/aromatic N) is 2. The van der Waals surface area contributed by atoms with Gasteiger partial charge in [-0.15, -0.1) is 11.3 Å². The number of anilines is 1. The predicted molar refractivity (Wildman–Crippen MR) is 103 cm³/mol. The Labute approximate surface area is 166 Å². The molecule has 2 rings (SSSR count). The molecule has 0 bridgehead atoms. The highest BCUT2D eigenvalue weighted by atomic mass is 32.1. The molecule has 2 amide bonds. The first kappa shape index (κ1) is 21.9. The number of nitrogens with one attached hydrogen (secondary N) is 2. The van der Waals surface area contributed by atoms with E-state index in [4.69, 9.17) is 14.9 Å². The molecule has 4 N–H and O–H groups in total. The Kier molecular flexibility index (Phi) is 7.19. The normalized spacial score (nSPS) is 18.3. The summed E-state index contributed by atoms with van der Waals surface area (Å²) in [6.07, 6.45) is 1.18. The SMILES string of the molecule is CC(C)(C)OC(=O)N[C@@H]1CCCN(c2nc(C(=O)N[C@@H](CO)C(=O)O)cs2)C1. The maximum absolute atomic E-state index is 12.1. The number of alkyl carbamates (subject to hydrolysis) is 1. The lowest BCUT2D eigenvalue weighted by molar-refractivity contribution is -0.140. The number of carboxylic acids is 1. The summed E-state index contributed by atoms with van der Waals surface area (Å²) < 4.78 is 5.28. The predicted octanol–water partition coefficient (Wildman–Crippen LogP) is 0.812. The Morgan fingerprint density at radius 2 is 2.14 bits per heavy atom. The second kappa shape index (κ2) is 9.20. The van der Waals surface area contributed by atoms with E-state index in [1.165, 1.54) is 16.7 Å². The van der Waals surface area contributed by atoms with Crippen molar-refractivity contribution >= 4 is 34.4 Å². The fourth-order valence-electron chi connectivity index (χ4n) is 2.67. The molecule has 0 radical (unpaired) electrons. The number of ether oxygens (including phenoxy) is 1. The summed E-state index contributed by atoms with van der Waals surface area (Å²) in [4.78, 5) is 41.2. The highest BCUT2D eigenvalue weighted by Gasteiger charge is 2.27. The van der Waals surface area contributed by atoms with Crippen molar-refractivity contribution in [2.75, 3.05) is 24.6 Å². The van der Waals surface area contributed by atoms with Gasteiger partial charge in [0, 0.05) is 24.5 Å². The number of amides is 2. The lowest BCUT2D eigenvalue weighted by atomic mass is 10.1. The lowest BCUT2D eigenvalue weighted by Gasteiger charge is -2.33. The maximum Gasteiger partial charge on any atom is 0.407 e. The fraction of sp³-hybridized carbons (Fsp3) is 0.647. The van der Waals surface area contributed by atoms with E-state index >= 15 is 0 Å². The van der Waals surface area contributed by atoms with Crippen molar-refractivity contribution < 1.29 is 29.3 Å². The number of hydrogen-bond donors (Lipinski definition) is 4. The van der Waals surface area contributed by atoms with E-state index in [1.54, 1.807) is 20.8 Å². The van der Waals surface area contributed by atoms with Crippen molar-refractivity contribution in [3.05, 3.63) is 11.1 Å². The van der Waals surface area contributed by atoms with Crippen LogP contribution in [0, 0.1) is 0 Å². The molecule has 0 saturated carbocycles. The summed E-state index contributed by atoms with van der Waals surface area (Å²) in [5.74, 6) is -1.98. The molecule has 1 saturated heterocycles. The molecule has 0 unspecified atom stereocenters. The molecule has 1 aromatic rings. The van der Waals surface area contributed by atoms with Crippen LogP contribution in [0.25, 0.3) is 0 Å². The lowest BCUT2D eigenvalue weighted by Crippen LogP contribution is -2.49. The van der Waals surface area contributed by atoms with Crippen molar-refractivity contribution in [3.63, 3.8) is 0 Å². The third kappa shape index (κ3) is 6.34. The number of piperidine rings is 1. The fourth-order valence-corrected chi connectivity index (χ4v) is 3.52. The first-order valence-electron chi connectivity index (χ1n) is 8.93. The van der Waals surface area contributed by atoms with E-state index in [-0.39, 0.29) is 11.7 Å². The maximum atomic E-state index is 12.1. The number of hydrogen-bond acceptors (Lipinski definition) is 8. The molecule has 1 fully saturated rings. The van der Waals surface area contributed by atoms with Crippen LogP contribution in [0.15, 0.2) is 5.38 Å². The number of aliphatic hydroxyl groups excluding tert-OH is 1. The first-order chi connectivity index (χ1) is 13.1. The number of thiazole rings is 1. The monoisotopic (exact) mass is 414 g/mol. The zero-order chi connectivity index (χ0) is 20.9. The molecule has 11 heteroatoms. The highest BCUT2D eigenvalue weighted by molar-refractivity contribution is 7.13.